The number of nitrogens with zero attached hydrogens (tertiary/aromatic N) is 5. The molecule has 43 heavy (non-hydrogen) atoms. The first-order valence-electron chi connectivity index (χ1n) is 13.9. The van der Waals surface area contributed by atoms with Crippen molar-refractivity contribution in [2.75, 3.05) is 18.0 Å². The van der Waals surface area contributed by atoms with Gasteiger partial charge in [0.05, 0.1) is 33.5 Å². The molecule has 0 unspecified atom stereocenters. The fraction of sp³-hybridized carbons (Fsp3) is 0.345. The number of anilines is 1. The third-order valence-electron chi connectivity index (χ3n) is 7.95. The zero-order valence-electron chi connectivity index (χ0n) is 22.8. The molecule has 3 amide bonds. The average molecular weight is 614 g/mol. The summed E-state index contributed by atoms with van der Waals surface area (Å²) >= 11 is 5.82. The molecule has 0 radical (unpaired) electrons. The third-order valence-corrected chi connectivity index (χ3v) is 8.16. The van der Waals surface area contributed by atoms with E-state index >= 15 is 0 Å². The van der Waals surface area contributed by atoms with E-state index in [2.05, 4.69) is 20.6 Å². The summed E-state index contributed by atoms with van der Waals surface area (Å²) in [5.74, 6) is -0.242. The molecule has 2 aliphatic rings. The number of urea groups is 1. The largest absolute Gasteiger partial charge is 0.434 e. The van der Waals surface area contributed by atoms with Crippen LogP contribution < -0.4 is 21.2 Å². The van der Waals surface area contributed by atoms with Crippen LogP contribution in [-0.4, -0.2) is 50.2 Å². The zero-order valence-corrected chi connectivity index (χ0v) is 23.5. The molecule has 0 atom stereocenters. The molecule has 2 fully saturated rings. The van der Waals surface area contributed by atoms with Gasteiger partial charge in [-0.2, -0.15) is 13.2 Å². The van der Waals surface area contributed by atoms with Gasteiger partial charge in [-0.3, -0.25) is 18.8 Å². The molecular weight excluding hydrogens is 587 g/mol. The number of pyridine rings is 2. The Kier molecular flexibility index (Phi) is 7.59. The van der Waals surface area contributed by atoms with E-state index in [1.807, 2.05) is 24.3 Å². The van der Waals surface area contributed by atoms with Crippen LogP contribution in [0, 0.1) is 5.92 Å². The first kappa shape index (κ1) is 28.7. The summed E-state index contributed by atoms with van der Waals surface area (Å²) in [6, 6.07) is 11.4. The molecule has 1 aliphatic carbocycles. The zero-order chi connectivity index (χ0) is 30.3. The number of halogens is 4. The first-order valence-corrected chi connectivity index (χ1v) is 14.2. The molecule has 4 heterocycles. The Morgan fingerprint density at radius 2 is 1.77 bits per heavy atom. The topological polar surface area (TPSA) is 114 Å². The average Bonchev–Trinajstić information content (AvgIpc) is 3.53. The van der Waals surface area contributed by atoms with E-state index in [1.165, 1.54) is 4.90 Å². The minimum absolute atomic E-state index is 0.0582. The van der Waals surface area contributed by atoms with Gasteiger partial charge in [0, 0.05) is 31.9 Å². The molecule has 14 heteroatoms. The number of imidazole rings is 1. The smallest absolute Gasteiger partial charge is 0.349 e. The van der Waals surface area contributed by atoms with Crippen molar-refractivity contribution in [3.63, 3.8) is 0 Å². The minimum Gasteiger partial charge on any atom is -0.349 e. The Morgan fingerprint density at radius 1 is 1.02 bits per heavy atom. The highest BCUT2D eigenvalue weighted by atomic mass is 35.5. The van der Waals surface area contributed by atoms with Crippen molar-refractivity contribution in [1.82, 2.24) is 29.7 Å². The lowest BCUT2D eigenvalue weighted by Gasteiger charge is -2.29. The highest BCUT2D eigenvalue weighted by Gasteiger charge is 2.38. The maximum Gasteiger partial charge on any atom is 0.434 e. The van der Waals surface area contributed by atoms with Crippen molar-refractivity contribution >= 4 is 40.4 Å². The van der Waals surface area contributed by atoms with Gasteiger partial charge in [-0.1, -0.05) is 23.7 Å². The molecule has 224 valence electrons. The summed E-state index contributed by atoms with van der Waals surface area (Å²) in [4.78, 5) is 47.8. The number of hydrogen-bond acceptors (Lipinski definition) is 5. The number of carbonyl (C=O) groups excluding carboxylic acids is 2. The van der Waals surface area contributed by atoms with E-state index in [-0.39, 0.29) is 28.7 Å². The molecular formula is C29H27ClF3N7O3. The molecule has 1 aliphatic heterocycles. The normalized spacial score (nSPS) is 19.1. The standard InChI is InChI=1S/C29H27ClF3N7O3/c30-18-13-21(25(36-14-18)29(31,32)33)26(41)37-19-7-5-17(6-8-19)16-39-22-3-1-2-4-23(22)40(28(39)43)20-9-10-24(35-15-20)38-12-11-34-27(38)42/h1-4,9-10,13-15,17,19H,5-8,11-12,16H2,(H,34,42)(H,37,41)/t17-,19-. The number of para-hydroxylation sites is 2. The van der Waals surface area contributed by atoms with Gasteiger partial charge in [-0.25, -0.2) is 19.6 Å². The van der Waals surface area contributed by atoms with Crippen LogP contribution >= 0.6 is 11.6 Å². The van der Waals surface area contributed by atoms with E-state index in [1.54, 1.807) is 27.5 Å². The van der Waals surface area contributed by atoms with E-state index in [0.717, 1.165) is 23.3 Å². The monoisotopic (exact) mass is 613 g/mol. The number of carbonyl (C=O) groups is 2. The first-order chi connectivity index (χ1) is 20.6. The number of rotatable bonds is 6. The van der Waals surface area contributed by atoms with Gasteiger partial charge in [0.1, 0.15) is 5.82 Å². The van der Waals surface area contributed by atoms with Gasteiger partial charge in [-0.15, -0.1) is 0 Å². The third kappa shape index (κ3) is 5.68. The molecule has 10 nitrogen and oxygen atoms in total. The van der Waals surface area contributed by atoms with Crippen molar-refractivity contribution in [2.45, 2.75) is 44.4 Å². The van der Waals surface area contributed by atoms with Crippen molar-refractivity contribution in [3.05, 3.63) is 81.6 Å². The van der Waals surface area contributed by atoms with Crippen LogP contribution in [0.15, 0.2) is 59.7 Å². The highest BCUT2D eigenvalue weighted by Crippen LogP contribution is 2.32. The number of hydrogen-bond donors (Lipinski definition) is 2. The van der Waals surface area contributed by atoms with E-state index in [9.17, 15) is 27.6 Å². The number of amides is 3. The second-order valence-electron chi connectivity index (χ2n) is 10.7. The quantitative estimate of drug-likeness (QED) is 0.325. The molecule has 2 N–H and O–H groups in total. The number of fused-ring (bicyclic) bond motifs is 1. The number of aromatic nitrogens is 4. The van der Waals surface area contributed by atoms with Crippen LogP contribution in [0.25, 0.3) is 16.7 Å². The minimum atomic E-state index is -4.79. The number of benzene rings is 1. The number of nitrogens with one attached hydrogen (secondary N) is 2. The Labute approximate surface area is 248 Å². The van der Waals surface area contributed by atoms with Gasteiger partial charge in [0.15, 0.2) is 5.69 Å². The summed E-state index contributed by atoms with van der Waals surface area (Å²) in [7, 11) is 0. The van der Waals surface area contributed by atoms with Crippen LogP contribution in [0.2, 0.25) is 5.02 Å². The van der Waals surface area contributed by atoms with Crippen molar-refractivity contribution in [1.29, 1.82) is 0 Å². The Bertz CT molecular complexity index is 1750. The van der Waals surface area contributed by atoms with Crippen LogP contribution in [0.5, 0.6) is 0 Å². The Morgan fingerprint density at radius 3 is 2.42 bits per heavy atom. The SMILES string of the molecule is O=C(N[C@H]1CC[C@H](Cn2c(=O)n(-c3ccc(N4CCNC4=O)nc3)c3ccccc32)CC1)c1cc(Cl)cnc1C(F)(F)F. The maximum atomic E-state index is 13.7. The lowest BCUT2D eigenvalue weighted by Crippen LogP contribution is -2.39. The summed E-state index contributed by atoms with van der Waals surface area (Å²) < 4.78 is 43.5. The van der Waals surface area contributed by atoms with Crippen molar-refractivity contribution < 1.29 is 22.8 Å². The van der Waals surface area contributed by atoms with Gasteiger partial charge in [0.25, 0.3) is 5.91 Å². The highest BCUT2D eigenvalue weighted by molar-refractivity contribution is 6.30. The van der Waals surface area contributed by atoms with E-state index in [4.69, 9.17) is 11.6 Å². The second-order valence-corrected chi connectivity index (χ2v) is 11.2. The molecule has 1 aromatic carbocycles. The molecule has 3 aromatic heterocycles. The lowest BCUT2D eigenvalue weighted by molar-refractivity contribution is -0.141. The molecule has 6 rings (SSSR count). The molecule has 4 aromatic rings. The van der Waals surface area contributed by atoms with Crippen LogP contribution in [-0.2, 0) is 12.7 Å². The van der Waals surface area contributed by atoms with Gasteiger partial charge < -0.3 is 10.6 Å². The predicted octanol–water partition coefficient (Wildman–Crippen LogP) is 4.77. The Hall–Kier alpha value is -4.39. The van der Waals surface area contributed by atoms with Gasteiger partial charge in [0.2, 0.25) is 0 Å². The van der Waals surface area contributed by atoms with Gasteiger partial charge >= 0.3 is 17.9 Å². The van der Waals surface area contributed by atoms with Gasteiger partial charge in [-0.05, 0) is 61.9 Å². The molecule has 1 saturated heterocycles. The van der Waals surface area contributed by atoms with Crippen molar-refractivity contribution in [3.8, 4) is 5.69 Å². The Balaban J connectivity index is 1.16. The molecule has 0 bridgehead atoms. The van der Waals surface area contributed by atoms with Crippen LogP contribution in [0.1, 0.15) is 41.7 Å². The lowest BCUT2D eigenvalue weighted by atomic mass is 9.85. The second kappa shape index (κ2) is 11.4. The summed E-state index contributed by atoms with van der Waals surface area (Å²) in [6.45, 7) is 1.51. The molecule has 1 saturated carbocycles. The molecule has 0 spiro atoms. The number of alkyl halides is 3. The van der Waals surface area contributed by atoms with Crippen molar-refractivity contribution in [2.24, 2.45) is 5.92 Å². The van der Waals surface area contributed by atoms with Crippen LogP contribution in [0.3, 0.4) is 0 Å². The predicted molar refractivity (Wildman–Crippen MR) is 154 cm³/mol. The summed E-state index contributed by atoms with van der Waals surface area (Å²) in [6.07, 6.45) is 0.0982. The summed E-state index contributed by atoms with van der Waals surface area (Å²) in [5, 5.41) is 5.39. The van der Waals surface area contributed by atoms with E-state index in [0.29, 0.717) is 56.8 Å². The van der Waals surface area contributed by atoms with E-state index < -0.39 is 23.3 Å². The fourth-order valence-corrected chi connectivity index (χ4v) is 6.00. The van der Waals surface area contributed by atoms with Crippen LogP contribution in [0.4, 0.5) is 23.8 Å². The summed E-state index contributed by atoms with van der Waals surface area (Å²) in [5.41, 5.74) is -0.0452. The fourth-order valence-electron chi connectivity index (χ4n) is 5.84. The maximum absolute atomic E-state index is 13.7.